The lowest BCUT2D eigenvalue weighted by molar-refractivity contribution is -0.136. The Morgan fingerprint density at radius 1 is 1.21 bits per heavy atom. The van der Waals surface area contributed by atoms with Gasteiger partial charge in [0.05, 0.1) is 23.6 Å². The molecule has 0 bridgehead atoms. The number of aryl methyl sites for hydroxylation is 2. The van der Waals surface area contributed by atoms with Gasteiger partial charge < -0.3 is 5.11 Å². The van der Waals surface area contributed by atoms with Gasteiger partial charge >= 0.3 is 5.97 Å². The SMILES string of the molecule is Cc1cc(C)c(S(=O)(=O)NCc2ccccn2)c(C)c1CC(=O)O. The molecule has 6 nitrogen and oxygen atoms in total. The number of hydrogen-bond donors (Lipinski definition) is 2. The van der Waals surface area contributed by atoms with Crippen molar-refractivity contribution in [2.24, 2.45) is 0 Å². The van der Waals surface area contributed by atoms with E-state index in [9.17, 15) is 13.2 Å². The number of nitrogens with zero attached hydrogens (tertiary/aromatic N) is 1. The van der Waals surface area contributed by atoms with Gasteiger partial charge in [0.2, 0.25) is 10.0 Å². The number of carboxylic acids is 1. The van der Waals surface area contributed by atoms with E-state index in [1.807, 2.05) is 0 Å². The van der Waals surface area contributed by atoms with Crippen LogP contribution in [0.3, 0.4) is 0 Å². The maximum absolute atomic E-state index is 12.7. The standard InChI is InChI=1S/C17H20N2O4S/c1-11-8-12(2)17(13(3)15(11)9-16(20)21)24(22,23)19-10-14-6-4-5-7-18-14/h4-8,19H,9-10H2,1-3H3,(H,20,21). The third-order valence-corrected chi connectivity index (χ3v) is 5.52. The van der Waals surface area contributed by atoms with Gasteiger partial charge in [0.1, 0.15) is 0 Å². The van der Waals surface area contributed by atoms with Gasteiger partial charge in [-0.3, -0.25) is 9.78 Å². The fraction of sp³-hybridized carbons (Fsp3) is 0.294. The summed E-state index contributed by atoms with van der Waals surface area (Å²) in [5.74, 6) is -0.991. The van der Waals surface area contributed by atoms with Crippen LogP contribution in [-0.4, -0.2) is 24.5 Å². The summed E-state index contributed by atoms with van der Waals surface area (Å²) in [6.45, 7) is 5.22. The van der Waals surface area contributed by atoms with Crippen molar-refractivity contribution in [2.45, 2.75) is 38.6 Å². The topological polar surface area (TPSA) is 96.4 Å². The van der Waals surface area contributed by atoms with Crippen LogP contribution in [-0.2, 0) is 27.8 Å². The molecule has 0 fully saturated rings. The number of carbonyl (C=O) groups is 1. The molecule has 0 aliphatic carbocycles. The Morgan fingerprint density at radius 3 is 2.50 bits per heavy atom. The molecular formula is C17H20N2O4S. The van der Waals surface area contributed by atoms with Crippen molar-refractivity contribution in [3.63, 3.8) is 0 Å². The van der Waals surface area contributed by atoms with Crippen molar-refractivity contribution in [2.75, 3.05) is 0 Å². The minimum atomic E-state index is -3.78. The highest BCUT2D eigenvalue weighted by Gasteiger charge is 2.23. The van der Waals surface area contributed by atoms with E-state index >= 15 is 0 Å². The molecule has 0 saturated carbocycles. The Balaban J connectivity index is 2.40. The van der Waals surface area contributed by atoms with Gasteiger partial charge in [0, 0.05) is 6.20 Å². The average molecular weight is 348 g/mol. The Morgan fingerprint density at radius 2 is 1.92 bits per heavy atom. The number of aliphatic carboxylic acids is 1. The van der Waals surface area contributed by atoms with Crippen LogP contribution in [0.5, 0.6) is 0 Å². The predicted octanol–water partition coefficient (Wildman–Crippen LogP) is 2.11. The molecule has 2 aromatic rings. The maximum Gasteiger partial charge on any atom is 0.307 e. The highest BCUT2D eigenvalue weighted by Crippen LogP contribution is 2.27. The number of pyridine rings is 1. The third-order valence-electron chi connectivity index (χ3n) is 3.83. The molecule has 0 aliphatic heterocycles. The van der Waals surface area contributed by atoms with E-state index in [0.717, 1.165) is 5.56 Å². The van der Waals surface area contributed by atoms with Crippen LogP contribution in [0.15, 0.2) is 35.4 Å². The molecule has 24 heavy (non-hydrogen) atoms. The minimum absolute atomic E-state index is 0.0736. The van der Waals surface area contributed by atoms with Crippen molar-refractivity contribution >= 4 is 16.0 Å². The van der Waals surface area contributed by atoms with E-state index in [2.05, 4.69) is 9.71 Å². The van der Waals surface area contributed by atoms with Crippen molar-refractivity contribution in [3.05, 3.63) is 58.4 Å². The predicted molar refractivity (Wildman–Crippen MR) is 90.3 cm³/mol. The fourth-order valence-corrected chi connectivity index (χ4v) is 4.28. The molecule has 0 spiro atoms. The first-order chi connectivity index (χ1) is 11.2. The van der Waals surface area contributed by atoms with E-state index in [-0.39, 0.29) is 17.9 Å². The number of hydrogen-bond acceptors (Lipinski definition) is 4. The van der Waals surface area contributed by atoms with Gasteiger partial charge in [-0.05, 0) is 55.2 Å². The zero-order valence-corrected chi connectivity index (χ0v) is 14.6. The zero-order chi connectivity index (χ0) is 17.9. The van der Waals surface area contributed by atoms with Crippen LogP contribution in [0.25, 0.3) is 0 Å². The summed E-state index contributed by atoms with van der Waals surface area (Å²) in [6, 6.07) is 6.97. The monoisotopic (exact) mass is 348 g/mol. The summed E-state index contributed by atoms with van der Waals surface area (Å²) in [7, 11) is -3.78. The molecule has 0 unspecified atom stereocenters. The van der Waals surface area contributed by atoms with E-state index in [1.54, 1.807) is 51.2 Å². The lowest BCUT2D eigenvalue weighted by Gasteiger charge is -2.17. The van der Waals surface area contributed by atoms with E-state index in [0.29, 0.717) is 22.4 Å². The number of benzene rings is 1. The smallest absolute Gasteiger partial charge is 0.307 e. The highest BCUT2D eigenvalue weighted by molar-refractivity contribution is 7.89. The van der Waals surface area contributed by atoms with Gasteiger partial charge in [0.15, 0.2) is 0 Å². The van der Waals surface area contributed by atoms with Crippen LogP contribution in [0, 0.1) is 20.8 Å². The van der Waals surface area contributed by atoms with Crippen molar-refractivity contribution in [1.29, 1.82) is 0 Å². The van der Waals surface area contributed by atoms with Gasteiger partial charge in [-0.15, -0.1) is 0 Å². The maximum atomic E-state index is 12.7. The molecule has 7 heteroatoms. The molecule has 0 atom stereocenters. The first kappa shape index (κ1) is 18.1. The summed E-state index contributed by atoms with van der Waals surface area (Å²) in [5, 5.41) is 9.06. The van der Waals surface area contributed by atoms with E-state index < -0.39 is 16.0 Å². The number of rotatable bonds is 6. The molecule has 0 aliphatic rings. The molecule has 0 radical (unpaired) electrons. The number of carboxylic acid groups (broad SMARTS) is 1. The Kier molecular flexibility index (Phi) is 5.36. The Hall–Kier alpha value is -2.25. The molecule has 2 N–H and O–H groups in total. The third kappa shape index (κ3) is 3.98. The van der Waals surface area contributed by atoms with Crippen LogP contribution in [0.4, 0.5) is 0 Å². The lowest BCUT2D eigenvalue weighted by atomic mass is 9.97. The van der Waals surface area contributed by atoms with Gasteiger partial charge in [-0.1, -0.05) is 12.1 Å². The number of aromatic nitrogens is 1. The van der Waals surface area contributed by atoms with Crippen molar-refractivity contribution in [1.82, 2.24) is 9.71 Å². The van der Waals surface area contributed by atoms with Crippen LogP contribution >= 0.6 is 0 Å². The van der Waals surface area contributed by atoms with Crippen LogP contribution < -0.4 is 4.72 Å². The molecule has 2 rings (SSSR count). The Bertz CT molecular complexity index is 862. The number of sulfonamides is 1. The fourth-order valence-electron chi connectivity index (χ4n) is 2.79. The highest BCUT2D eigenvalue weighted by atomic mass is 32.2. The average Bonchev–Trinajstić information content (AvgIpc) is 2.50. The molecule has 1 aromatic heterocycles. The normalized spacial score (nSPS) is 11.5. The number of nitrogens with one attached hydrogen (secondary N) is 1. The lowest BCUT2D eigenvalue weighted by Crippen LogP contribution is -2.26. The van der Waals surface area contributed by atoms with E-state index in [1.165, 1.54) is 0 Å². The second-order valence-electron chi connectivity index (χ2n) is 5.66. The first-order valence-corrected chi connectivity index (χ1v) is 8.91. The molecule has 0 amide bonds. The molecular weight excluding hydrogens is 328 g/mol. The summed E-state index contributed by atoms with van der Waals surface area (Å²) in [6.07, 6.45) is 1.39. The van der Waals surface area contributed by atoms with Gasteiger partial charge in [0.25, 0.3) is 0 Å². The molecule has 1 heterocycles. The van der Waals surface area contributed by atoms with Gasteiger partial charge in [-0.2, -0.15) is 0 Å². The van der Waals surface area contributed by atoms with E-state index in [4.69, 9.17) is 5.11 Å². The van der Waals surface area contributed by atoms with Gasteiger partial charge in [-0.25, -0.2) is 13.1 Å². The molecule has 1 aromatic carbocycles. The quantitative estimate of drug-likeness (QED) is 0.833. The van der Waals surface area contributed by atoms with Crippen LogP contribution in [0.2, 0.25) is 0 Å². The van der Waals surface area contributed by atoms with Crippen LogP contribution in [0.1, 0.15) is 27.9 Å². The van der Waals surface area contributed by atoms with Crippen molar-refractivity contribution < 1.29 is 18.3 Å². The zero-order valence-electron chi connectivity index (χ0n) is 13.8. The summed E-state index contributed by atoms with van der Waals surface area (Å²) in [4.78, 5) is 15.3. The van der Waals surface area contributed by atoms with Crippen molar-refractivity contribution in [3.8, 4) is 0 Å². The molecule has 0 saturated heterocycles. The second-order valence-corrected chi connectivity index (χ2v) is 7.36. The Labute approximate surface area is 141 Å². The minimum Gasteiger partial charge on any atom is -0.481 e. The summed E-state index contributed by atoms with van der Waals surface area (Å²) >= 11 is 0. The largest absolute Gasteiger partial charge is 0.481 e. The summed E-state index contributed by atoms with van der Waals surface area (Å²) in [5.41, 5.74) is 2.98. The summed E-state index contributed by atoms with van der Waals surface area (Å²) < 4.78 is 28.0. The second kappa shape index (κ2) is 7.11. The first-order valence-electron chi connectivity index (χ1n) is 7.43. The molecule has 128 valence electrons.